The Morgan fingerprint density at radius 2 is 1.96 bits per heavy atom. The second-order valence-electron chi connectivity index (χ2n) is 7.51. The van der Waals surface area contributed by atoms with Crippen LogP contribution in [-0.4, -0.2) is 47.3 Å². The summed E-state index contributed by atoms with van der Waals surface area (Å²) in [7, 11) is 6.22. The van der Waals surface area contributed by atoms with Crippen LogP contribution in [0.15, 0.2) is 0 Å². The van der Waals surface area contributed by atoms with Crippen molar-refractivity contribution in [3.05, 3.63) is 17.0 Å². The molecule has 0 bridgehead atoms. The predicted molar refractivity (Wildman–Crippen MR) is 98.1 cm³/mol. The van der Waals surface area contributed by atoms with Crippen LogP contribution in [0.2, 0.25) is 0 Å². The van der Waals surface area contributed by atoms with Gasteiger partial charge in [0.15, 0.2) is 0 Å². The molecule has 5 nitrogen and oxygen atoms in total. The Hall–Kier alpha value is -1.36. The van der Waals surface area contributed by atoms with Crippen LogP contribution < -0.4 is 5.32 Å². The monoisotopic (exact) mass is 334 g/mol. The Bertz CT molecular complexity index is 544. The third-order valence-electron chi connectivity index (χ3n) is 5.63. The van der Waals surface area contributed by atoms with Gasteiger partial charge in [-0.1, -0.05) is 19.3 Å². The maximum absolute atomic E-state index is 12.3. The second kappa shape index (κ2) is 8.65. The Morgan fingerprint density at radius 1 is 1.29 bits per heavy atom. The van der Waals surface area contributed by atoms with Crippen molar-refractivity contribution in [2.45, 2.75) is 64.8 Å². The van der Waals surface area contributed by atoms with Crippen molar-refractivity contribution in [3.63, 3.8) is 0 Å². The number of nitrogens with zero attached hydrogens (tertiary/aromatic N) is 3. The number of hydrogen-bond acceptors (Lipinski definition) is 3. The van der Waals surface area contributed by atoms with E-state index in [4.69, 9.17) is 0 Å². The molecule has 24 heavy (non-hydrogen) atoms. The molecule has 0 saturated heterocycles. The van der Waals surface area contributed by atoms with E-state index in [1.54, 1.807) is 0 Å². The maximum Gasteiger partial charge on any atom is 0.220 e. The van der Waals surface area contributed by atoms with Gasteiger partial charge in [-0.25, -0.2) is 0 Å². The third kappa shape index (κ3) is 4.82. The molecule has 136 valence electrons. The molecule has 0 aromatic carbocycles. The van der Waals surface area contributed by atoms with Crippen molar-refractivity contribution in [1.29, 1.82) is 0 Å². The average Bonchev–Trinajstić information content (AvgIpc) is 2.79. The van der Waals surface area contributed by atoms with E-state index in [1.807, 2.05) is 18.7 Å². The van der Waals surface area contributed by atoms with Gasteiger partial charge in [-0.3, -0.25) is 9.48 Å². The van der Waals surface area contributed by atoms with Crippen molar-refractivity contribution in [2.75, 3.05) is 20.6 Å². The molecule has 1 atom stereocenters. The summed E-state index contributed by atoms with van der Waals surface area (Å²) in [4.78, 5) is 14.6. The minimum absolute atomic E-state index is 0.153. The van der Waals surface area contributed by atoms with E-state index in [0.717, 1.165) is 30.3 Å². The number of amides is 1. The highest BCUT2D eigenvalue weighted by Crippen LogP contribution is 2.28. The van der Waals surface area contributed by atoms with Crippen LogP contribution in [0.3, 0.4) is 0 Å². The number of carbonyl (C=O) groups is 1. The van der Waals surface area contributed by atoms with Crippen LogP contribution >= 0.6 is 0 Å². The van der Waals surface area contributed by atoms with E-state index in [0.29, 0.717) is 12.5 Å². The molecular weight excluding hydrogens is 300 g/mol. The predicted octanol–water partition coefficient (Wildman–Crippen LogP) is 2.60. The molecule has 0 radical (unpaired) electrons. The summed E-state index contributed by atoms with van der Waals surface area (Å²) in [5.41, 5.74) is 3.41. The largest absolute Gasteiger partial charge is 0.355 e. The lowest BCUT2D eigenvalue weighted by Crippen LogP contribution is -2.45. The highest BCUT2D eigenvalue weighted by Gasteiger charge is 2.25. The third-order valence-corrected chi connectivity index (χ3v) is 5.63. The lowest BCUT2D eigenvalue weighted by molar-refractivity contribution is -0.121. The standard InChI is InChI=1S/C19H34N4O/c1-14-17(15(2)23(5)21-14)11-12-19(24)20-13-18(22(3)4)16-9-7-6-8-10-16/h16,18H,6-13H2,1-5H3,(H,20,24)/t18-/m0/s1. The van der Waals surface area contributed by atoms with Gasteiger partial charge < -0.3 is 10.2 Å². The summed E-state index contributed by atoms with van der Waals surface area (Å²) in [6.45, 7) is 4.85. The molecule has 1 aliphatic rings. The van der Waals surface area contributed by atoms with E-state index in [-0.39, 0.29) is 5.91 Å². The number of aryl methyl sites for hydroxylation is 2. The topological polar surface area (TPSA) is 50.2 Å². The molecule has 1 saturated carbocycles. The van der Waals surface area contributed by atoms with Gasteiger partial charge in [0.05, 0.1) is 5.69 Å². The molecule has 1 amide bonds. The first-order chi connectivity index (χ1) is 11.4. The summed E-state index contributed by atoms with van der Waals surface area (Å²) in [5.74, 6) is 0.872. The normalized spacial score (nSPS) is 17.2. The molecule has 5 heteroatoms. The fourth-order valence-corrected chi connectivity index (χ4v) is 4.01. The molecular formula is C19H34N4O. The highest BCUT2D eigenvalue weighted by molar-refractivity contribution is 5.76. The number of likely N-dealkylation sites (N-methyl/N-ethyl adjacent to an activating group) is 1. The lowest BCUT2D eigenvalue weighted by Gasteiger charge is -2.35. The fraction of sp³-hybridized carbons (Fsp3) is 0.789. The summed E-state index contributed by atoms with van der Waals surface area (Å²) in [6.07, 6.45) is 7.95. The Morgan fingerprint density at radius 3 is 2.50 bits per heavy atom. The Labute approximate surface area is 146 Å². The molecule has 0 aliphatic heterocycles. The van der Waals surface area contributed by atoms with Crippen LogP contribution in [0.1, 0.15) is 55.5 Å². The molecule has 2 rings (SSSR count). The Kier molecular flexibility index (Phi) is 6.84. The van der Waals surface area contributed by atoms with Crippen LogP contribution in [-0.2, 0) is 18.3 Å². The molecule has 1 fully saturated rings. The van der Waals surface area contributed by atoms with E-state index in [1.165, 1.54) is 37.7 Å². The summed E-state index contributed by atoms with van der Waals surface area (Å²) in [5, 5.41) is 7.59. The smallest absolute Gasteiger partial charge is 0.220 e. The summed E-state index contributed by atoms with van der Waals surface area (Å²) < 4.78 is 1.90. The number of rotatable bonds is 7. The minimum Gasteiger partial charge on any atom is -0.355 e. The zero-order valence-electron chi connectivity index (χ0n) is 16.1. The van der Waals surface area contributed by atoms with Crippen molar-refractivity contribution >= 4 is 5.91 Å². The zero-order chi connectivity index (χ0) is 17.7. The van der Waals surface area contributed by atoms with Crippen molar-refractivity contribution in [1.82, 2.24) is 20.0 Å². The van der Waals surface area contributed by atoms with Gasteiger partial charge in [-0.2, -0.15) is 5.10 Å². The van der Waals surface area contributed by atoms with E-state index < -0.39 is 0 Å². The first-order valence-corrected chi connectivity index (χ1v) is 9.32. The van der Waals surface area contributed by atoms with Crippen LogP contribution in [0.5, 0.6) is 0 Å². The lowest BCUT2D eigenvalue weighted by atomic mass is 9.83. The first-order valence-electron chi connectivity index (χ1n) is 9.32. The van der Waals surface area contributed by atoms with Crippen LogP contribution in [0.25, 0.3) is 0 Å². The van der Waals surface area contributed by atoms with Crippen LogP contribution in [0, 0.1) is 19.8 Å². The van der Waals surface area contributed by atoms with Gasteiger partial charge in [0.2, 0.25) is 5.91 Å². The number of carbonyl (C=O) groups excluding carboxylic acids is 1. The first kappa shape index (κ1) is 19.0. The van der Waals surface area contributed by atoms with E-state index in [9.17, 15) is 4.79 Å². The Balaban J connectivity index is 1.82. The van der Waals surface area contributed by atoms with Gasteiger partial charge in [-0.05, 0) is 58.7 Å². The highest BCUT2D eigenvalue weighted by atomic mass is 16.1. The average molecular weight is 335 g/mol. The zero-order valence-corrected chi connectivity index (χ0v) is 16.1. The summed E-state index contributed by atoms with van der Waals surface area (Å²) in [6, 6.07) is 0.455. The summed E-state index contributed by atoms with van der Waals surface area (Å²) >= 11 is 0. The van der Waals surface area contributed by atoms with Gasteiger partial charge in [0.25, 0.3) is 0 Å². The fourth-order valence-electron chi connectivity index (χ4n) is 4.01. The van der Waals surface area contributed by atoms with Gasteiger partial charge in [0, 0.05) is 31.7 Å². The number of aromatic nitrogens is 2. The minimum atomic E-state index is 0.153. The van der Waals surface area contributed by atoms with E-state index >= 15 is 0 Å². The van der Waals surface area contributed by atoms with Crippen molar-refractivity contribution < 1.29 is 4.79 Å². The quantitative estimate of drug-likeness (QED) is 0.834. The second-order valence-corrected chi connectivity index (χ2v) is 7.51. The van der Waals surface area contributed by atoms with E-state index in [2.05, 4.69) is 36.3 Å². The molecule has 1 aromatic heterocycles. The van der Waals surface area contributed by atoms with Gasteiger partial charge in [-0.15, -0.1) is 0 Å². The molecule has 1 aromatic rings. The molecule has 1 N–H and O–H groups in total. The molecule has 0 unspecified atom stereocenters. The van der Waals surface area contributed by atoms with Crippen LogP contribution in [0.4, 0.5) is 0 Å². The molecule has 0 spiro atoms. The van der Waals surface area contributed by atoms with Crippen molar-refractivity contribution in [2.24, 2.45) is 13.0 Å². The molecule has 1 aliphatic carbocycles. The SMILES string of the molecule is Cc1nn(C)c(C)c1CCC(=O)NC[C@@H](C1CCCCC1)N(C)C. The number of nitrogens with one attached hydrogen (secondary N) is 1. The van der Waals surface area contributed by atoms with Gasteiger partial charge >= 0.3 is 0 Å². The van der Waals surface area contributed by atoms with Crippen molar-refractivity contribution in [3.8, 4) is 0 Å². The number of hydrogen-bond donors (Lipinski definition) is 1. The maximum atomic E-state index is 12.3. The molecule has 1 heterocycles. The van der Waals surface area contributed by atoms with Gasteiger partial charge in [0.1, 0.15) is 0 Å².